The highest BCUT2D eigenvalue weighted by atomic mass is 16.6. The maximum atomic E-state index is 12.3. The smallest absolute Gasteiger partial charge is 0.255 e. The van der Waals surface area contributed by atoms with E-state index in [1.165, 1.54) is 0 Å². The van der Waals surface area contributed by atoms with Crippen LogP contribution in [0.15, 0.2) is 47.4 Å². The average molecular weight is 314 g/mol. The Morgan fingerprint density at radius 1 is 1.26 bits per heavy atom. The van der Waals surface area contributed by atoms with Crippen molar-refractivity contribution < 1.29 is 14.3 Å². The van der Waals surface area contributed by atoms with E-state index in [2.05, 4.69) is 10.3 Å². The molecule has 6 nitrogen and oxygen atoms in total. The minimum Gasteiger partial charge on any atom is -0.376 e. The topological polar surface area (TPSA) is 80.4 Å². The van der Waals surface area contributed by atoms with Crippen molar-refractivity contribution in [3.63, 3.8) is 0 Å². The van der Waals surface area contributed by atoms with Gasteiger partial charge in [-0.15, -0.1) is 0 Å². The number of H-pyrrole nitrogens is 1. The number of aromatic amines is 1. The lowest BCUT2D eigenvalue weighted by Crippen LogP contribution is -2.39. The molecule has 2 N–H and O–H groups in total. The Bertz CT molecular complexity index is 735. The van der Waals surface area contributed by atoms with Crippen LogP contribution in [0.1, 0.15) is 10.4 Å². The van der Waals surface area contributed by atoms with E-state index in [4.69, 9.17) is 9.47 Å². The molecule has 120 valence electrons. The van der Waals surface area contributed by atoms with Crippen LogP contribution in [0.2, 0.25) is 0 Å². The van der Waals surface area contributed by atoms with E-state index < -0.39 is 0 Å². The fraction of sp³-hybridized carbons (Fsp3) is 0.294. The molecule has 0 saturated carbocycles. The number of carbonyl (C=O) groups is 1. The first kappa shape index (κ1) is 15.5. The van der Waals surface area contributed by atoms with E-state index in [9.17, 15) is 9.59 Å². The molecule has 6 heteroatoms. The predicted molar refractivity (Wildman–Crippen MR) is 85.4 cm³/mol. The second-order valence-electron chi connectivity index (χ2n) is 5.27. The molecule has 0 spiro atoms. The lowest BCUT2D eigenvalue weighted by Gasteiger charge is -2.23. The van der Waals surface area contributed by atoms with E-state index >= 15 is 0 Å². The fourth-order valence-corrected chi connectivity index (χ4v) is 2.44. The van der Waals surface area contributed by atoms with Crippen molar-refractivity contribution in [2.24, 2.45) is 0 Å². The van der Waals surface area contributed by atoms with E-state index in [1.807, 2.05) is 0 Å². The highest BCUT2D eigenvalue weighted by Crippen LogP contribution is 2.16. The first-order chi connectivity index (χ1) is 11.2. The van der Waals surface area contributed by atoms with Crippen LogP contribution in [0.25, 0.3) is 11.1 Å². The van der Waals surface area contributed by atoms with Gasteiger partial charge >= 0.3 is 0 Å². The van der Waals surface area contributed by atoms with Gasteiger partial charge in [0.2, 0.25) is 0 Å². The number of hydrogen-bond acceptors (Lipinski definition) is 4. The van der Waals surface area contributed by atoms with Gasteiger partial charge in [-0.3, -0.25) is 9.59 Å². The number of hydrogen-bond donors (Lipinski definition) is 2. The zero-order valence-corrected chi connectivity index (χ0v) is 12.6. The van der Waals surface area contributed by atoms with Crippen molar-refractivity contribution in [2.45, 2.75) is 6.10 Å². The Morgan fingerprint density at radius 2 is 2.17 bits per heavy atom. The minimum atomic E-state index is -0.201. The van der Waals surface area contributed by atoms with Crippen molar-refractivity contribution in [2.75, 3.05) is 26.4 Å². The molecule has 1 fully saturated rings. The lowest BCUT2D eigenvalue weighted by atomic mass is 10.0. The number of pyridine rings is 1. The molecule has 0 unspecified atom stereocenters. The van der Waals surface area contributed by atoms with Crippen molar-refractivity contribution in [1.82, 2.24) is 10.3 Å². The van der Waals surface area contributed by atoms with Gasteiger partial charge in [0.05, 0.1) is 25.9 Å². The fourth-order valence-electron chi connectivity index (χ4n) is 2.44. The molecule has 0 bridgehead atoms. The first-order valence-corrected chi connectivity index (χ1v) is 7.50. The van der Waals surface area contributed by atoms with Gasteiger partial charge < -0.3 is 19.8 Å². The summed E-state index contributed by atoms with van der Waals surface area (Å²) in [4.78, 5) is 26.7. The van der Waals surface area contributed by atoms with Crippen LogP contribution < -0.4 is 10.9 Å². The van der Waals surface area contributed by atoms with E-state index in [0.29, 0.717) is 43.1 Å². The second-order valence-corrected chi connectivity index (χ2v) is 5.27. The quantitative estimate of drug-likeness (QED) is 0.888. The summed E-state index contributed by atoms with van der Waals surface area (Å²) < 4.78 is 10.8. The SMILES string of the molecule is O=C(NC[C@H]1COCCO1)c1cccc(-c2ccc[nH]c2=O)c1. The average Bonchev–Trinajstić information content (AvgIpc) is 2.61. The highest BCUT2D eigenvalue weighted by Gasteiger charge is 2.16. The molecule has 1 atom stereocenters. The molecule has 2 aromatic rings. The second kappa shape index (κ2) is 7.21. The molecule has 0 radical (unpaired) electrons. The summed E-state index contributed by atoms with van der Waals surface area (Å²) in [5, 5.41) is 2.83. The van der Waals surface area contributed by atoms with Gasteiger partial charge in [-0.05, 0) is 29.8 Å². The maximum Gasteiger partial charge on any atom is 0.255 e. The van der Waals surface area contributed by atoms with E-state index in [-0.39, 0.29) is 17.6 Å². The van der Waals surface area contributed by atoms with Gasteiger partial charge in [0, 0.05) is 23.9 Å². The van der Waals surface area contributed by atoms with Crippen molar-refractivity contribution in [3.05, 3.63) is 58.5 Å². The largest absolute Gasteiger partial charge is 0.376 e. The van der Waals surface area contributed by atoms with Crippen molar-refractivity contribution >= 4 is 5.91 Å². The Hall–Kier alpha value is -2.44. The summed E-state index contributed by atoms with van der Waals surface area (Å²) in [6.07, 6.45) is 1.46. The van der Waals surface area contributed by atoms with Gasteiger partial charge in [0.15, 0.2) is 0 Å². The Balaban J connectivity index is 1.70. The third-order valence-corrected chi connectivity index (χ3v) is 3.63. The predicted octanol–water partition coefficient (Wildman–Crippen LogP) is 1.19. The van der Waals surface area contributed by atoms with E-state index in [1.54, 1.807) is 42.6 Å². The highest BCUT2D eigenvalue weighted by molar-refractivity contribution is 5.95. The normalized spacial score (nSPS) is 17.7. The summed E-state index contributed by atoms with van der Waals surface area (Å²) in [6, 6.07) is 10.5. The molecule has 0 aliphatic carbocycles. The molecular formula is C17H18N2O4. The van der Waals surface area contributed by atoms with Gasteiger partial charge in [-0.25, -0.2) is 0 Å². The molecule has 1 aromatic carbocycles. The number of aromatic nitrogens is 1. The Morgan fingerprint density at radius 3 is 2.96 bits per heavy atom. The van der Waals surface area contributed by atoms with Crippen LogP contribution in [-0.4, -0.2) is 43.4 Å². The van der Waals surface area contributed by atoms with Crippen LogP contribution in [-0.2, 0) is 9.47 Å². The van der Waals surface area contributed by atoms with Crippen LogP contribution in [0.3, 0.4) is 0 Å². The Labute approximate surface area is 133 Å². The first-order valence-electron chi connectivity index (χ1n) is 7.50. The number of rotatable bonds is 4. The number of amides is 1. The minimum absolute atomic E-state index is 0.118. The molecule has 1 aliphatic heterocycles. The summed E-state index contributed by atoms with van der Waals surface area (Å²) in [6.45, 7) is 2.03. The van der Waals surface area contributed by atoms with Crippen molar-refractivity contribution in [3.8, 4) is 11.1 Å². The third kappa shape index (κ3) is 3.85. The summed E-state index contributed by atoms with van der Waals surface area (Å²) in [5.74, 6) is -0.201. The molecule has 1 aromatic heterocycles. The zero-order valence-electron chi connectivity index (χ0n) is 12.6. The van der Waals surface area contributed by atoms with Crippen LogP contribution in [0.4, 0.5) is 0 Å². The maximum absolute atomic E-state index is 12.3. The Kier molecular flexibility index (Phi) is 4.85. The van der Waals surface area contributed by atoms with Crippen molar-refractivity contribution in [1.29, 1.82) is 0 Å². The molecule has 1 amide bonds. The number of ether oxygens (including phenoxy) is 2. The van der Waals surface area contributed by atoms with Gasteiger partial charge in [-0.2, -0.15) is 0 Å². The number of carbonyl (C=O) groups excluding carboxylic acids is 1. The molecular weight excluding hydrogens is 296 g/mol. The third-order valence-electron chi connectivity index (χ3n) is 3.63. The van der Waals surface area contributed by atoms with Crippen LogP contribution in [0.5, 0.6) is 0 Å². The summed E-state index contributed by atoms with van der Waals surface area (Å²) >= 11 is 0. The zero-order chi connectivity index (χ0) is 16.1. The number of nitrogens with one attached hydrogen (secondary N) is 2. The standard InChI is InChI=1S/C17H18N2O4/c20-16(19-10-14-11-22-7-8-23-14)13-4-1-3-12(9-13)15-5-2-6-18-17(15)21/h1-6,9,14H,7-8,10-11H2,(H,18,21)(H,19,20)/t14-/m0/s1. The molecule has 2 heterocycles. The summed E-state index contributed by atoms with van der Waals surface area (Å²) in [5.41, 5.74) is 1.56. The van der Waals surface area contributed by atoms with Gasteiger partial charge in [-0.1, -0.05) is 12.1 Å². The van der Waals surface area contributed by atoms with Gasteiger partial charge in [0.25, 0.3) is 11.5 Å². The lowest BCUT2D eigenvalue weighted by molar-refractivity contribution is -0.0855. The monoisotopic (exact) mass is 314 g/mol. The van der Waals surface area contributed by atoms with Gasteiger partial charge in [0.1, 0.15) is 0 Å². The summed E-state index contributed by atoms with van der Waals surface area (Å²) in [7, 11) is 0. The van der Waals surface area contributed by atoms with Crippen LogP contribution >= 0.6 is 0 Å². The molecule has 23 heavy (non-hydrogen) atoms. The van der Waals surface area contributed by atoms with E-state index in [0.717, 1.165) is 0 Å². The molecule has 3 rings (SSSR count). The van der Waals surface area contributed by atoms with Crippen LogP contribution in [0, 0.1) is 0 Å². The molecule has 1 saturated heterocycles. The molecule has 1 aliphatic rings. The number of benzene rings is 1.